The minimum Gasteiger partial charge on any atom is -0.481 e. The molecule has 3 amide bonds. The Kier molecular flexibility index (Phi) is 7.40. The Morgan fingerprint density at radius 1 is 1.24 bits per heavy atom. The number of esters is 1. The molecule has 8 nitrogen and oxygen atoms in total. The van der Waals surface area contributed by atoms with Crippen LogP contribution in [0.3, 0.4) is 0 Å². The number of nitrogens with one attached hydrogen (secondary N) is 1. The van der Waals surface area contributed by atoms with Crippen molar-refractivity contribution in [3.8, 4) is 0 Å². The average molecular weight is 302 g/mol. The summed E-state index contributed by atoms with van der Waals surface area (Å²) in [5.74, 6) is -2.24. The quantitative estimate of drug-likeness (QED) is 0.666. The van der Waals surface area contributed by atoms with E-state index in [0.29, 0.717) is 0 Å². The Hall–Kier alpha value is -2.12. The van der Waals surface area contributed by atoms with Crippen LogP contribution in [0.1, 0.15) is 33.6 Å². The van der Waals surface area contributed by atoms with Crippen LogP contribution in [-0.4, -0.2) is 54.1 Å². The van der Waals surface area contributed by atoms with Crippen LogP contribution in [0.2, 0.25) is 0 Å². The molecule has 0 bridgehead atoms. The first-order chi connectivity index (χ1) is 9.60. The average Bonchev–Trinajstić information content (AvgIpc) is 2.35. The fraction of sp³-hybridized carbons (Fsp3) is 0.692. The minimum atomic E-state index is -1.26. The molecule has 0 atom stereocenters. The van der Waals surface area contributed by atoms with E-state index in [1.54, 1.807) is 6.92 Å². The maximum Gasteiger partial charge on any atom is 0.323 e. The first-order valence-corrected chi connectivity index (χ1v) is 6.54. The molecule has 0 spiro atoms. The van der Waals surface area contributed by atoms with Crippen molar-refractivity contribution in [3.63, 3.8) is 0 Å². The predicted molar refractivity (Wildman–Crippen MR) is 73.5 cm³/mol. The second-order valence-corrected chi connectivity index (χ2v) is 5.20. The van der Waals surface area contributed by atoms with Crippen molar-refractivity contribution >= 4 is 23.9 Å². The molecule has 0 aromatic carbocycles. The molecule has 120 valence electrons. The third-order valence-electron chi connectivity index (χ3n) is 2.73. The molecule has 0 saturated heterocycles. The summed E-state index contributed by atoms with van der Waals surface area (Å²) in [4.78, 5) is 46.5. The number of carbonyl (C=O) groups excluding carboxylic acids is 3. The van der Waals surface area contributed by atoms with E-state index in [9.17, 15) is 19.2 Å². The number of rotatable bonds is 7. The number of hydrogen-bond acceptors (Lipinski definition) is 5. The maximum atomic E-state index is 11.7. The van der Waals surface area contributed by atoms with E-state index < -0.39 is 29.3 Å². The van der Waals surface area contributed by atoms with E-state index in [4.69, 9.17) is 9.84 Å². The monoisotopic (exact) mass is 302 g/mol. The third-order valence-corrected chi connectivity index (χ3v) is 2.73. The van der Waals surface area contributed by atoms with Crippen molar-refractivity contribution in [2.45, 2.75) is 33.6 Å². The lowest BCUT2D eigenvalue weighted by Crippen LogP contribution is -2.43. The molecule has 2 N–H and O–H groups in total. The van der Waals surface area contributed by atoms with Crippen molar-refractivity contribution in [2.24, 2.45) is 5.41 Å². The maximum absolute atomic E-state index is 11.7. The van der Waals surface area contributed by atoms with Crippen LogP contribution < -0.4 is 5.32 Å². The number of aliphatic carboxylic acids is 1. The lowest BCUT2D eigenvalue weighted by Gasteiger charge is -2.20. The zero-order chi connectivity index (χ0) is 16.6. The van der Waals surface area contributed by atoms with Gasteiger partial charge >= 0.3 is 18.0 Å². The molecule has 0 aromatic rings. The van der Waals surface area contributed by atoms with E-state index >= 15 is 0 Å². The van der Waals surface area contributed by atoms with Gasteiger partial charge in [-0.2, -0.15) is 0 Å². The first kappa shape index (κ1) is 18.9. The van der Waals surface area contributed by atoms with Gasteiger partial charge in [-0.25, -0.2) is 4.79 Å². The third kappa shape index (κ3) is 7.28. The van der Waals surface area contributed by atoms with Gasteiger partial charge in [-0.1, -0.05) is 0 Å². The van der Waals surface area contributed by atoms with E-state index in [0.717, 1.165) is 4.90 Å². The van der Waals surface area contributed by atoms with Gasteiger partial charge in [0, 0.05) is 20.0 Å². The molecule has 8 heteroatoms. The van der Waals surface area contributed by atoms with Gasteiger partial charge in [0.25, 0.3) is 0 Å². The second kappa shape index (κ2) is 8.23. The molecule has 21 heavy (non-hydrogen) atoms. The van der Waals surface area contributed by atoms with Crippen LogP contribution in [0.15, 0.2) is 0 Å². The molecule has 0 aliphatic carbocycles. The zero-order valence-electron chi connectivity index (χ0n) is 12.8. The highest BCUT2D eigenvalue weighted by atomic mass is 16.5. The highest BCUT2D eigenvalue weighted by molar-refractivity contribution is 5.96. The Morgan fingerprint density at radius 3 is 2.29 bits per heavy atom. The van der Waals surface area contributed by atoms with Crippen molar-refractivity contribution in [1.29, 1.82) is 0 Å². The topological polar surface area (TPSA) is 113 Å². The van der Waals surface area contributed by atoms with Crippen LogP contribution in [0.4, 0.5) is 4.79 Å². The van der Waals surface area contributed by atoms with Crippen molar-refractivity contribution in [1.82, 2.24) is 10.2 Å². The fourth-order valence-corrected chi connectivity index (χ4v) is 1.33. The molecule has 0 aliphatic heterocycles. The second-order valence-electron chi connectivity index (χ2n) is 5.20. The summed E-state index contributed by atoms with van der Waals surface area (Å²) < 4.78 is 4.72. The predicted octanol–water partition coefficient (Wildman–Crippen LogP) is 0.609. The molecule has 0 radical (unpaired) electrons. The number of amides is 3. The van der Waals surface area contributed by atoms with Gasteiger partial charge in [0.2, 0.25) is 5.91 Å². The van der Waals surface area contributed by atoms with Crippen LogP contribution in [0, 0.1) is 5.41 Å². The van der Waals surface area contributed by atoms with Gasteiger partial charge in [-0.15, -0.1) is 0 Å². The normalized spacial score (nSPS) is 10.7. The van der Waals surface area contributed by atoms with E-state index in [2.05, 4.69) is 5.32 Å². The molecule has 0 heterocycles. The highest BCUT2D eigenvalue weighted by Gasteiger charge is 2.31. The van der Waals surface area contributed by atoms with Crippen molar-refractivity contribution in [2.75, 3.05) is 20.2 Å². The molecule has 0 saturated carbocycles. The van der Waals surface area contributed by atoms with Gasteiger partial charge in [0.15, 0.2) is 0 Å². The fourth-order valence-electron chi connectivity index (χ4n) is 1.33. The Morgan fingerprint density at radius 2 is 1.81 bits per heavy atom. The summed E-state index contributed by atoms with van der Waals surface area (Å²) in [5, 5.41) is 11.0. The van der Waals surface area contributed by atoms with Crippen molar-refractivity contribution < 1.29 is 29.0 Å². The number of carboxylic acid groups (broad SMARTS) is 1. The van der Waals surface area contributed by atoms with Gasteiger partial charge in [-0.05, 0) is 20.8 Å². The van der Waals surface area contributed by atoms with Crippen LogP contribution in [0.5, 0.6) is 0 Å². The molecule has 0 fully saturated rings. The Labute approximate surface area is 123 Å². The number of hydrogen-bond donors (Lipinski definition) is 2. The van der Waals surface area contributed by atoms with E-state index in [-0.39, 0.29) is 26.0 Å². The van der Waals surface area contributed by atoms with Gasteiger partial charge in [-0.3, -0.25) is 19.7 Å². The lowest BCUT2D eigenvalue weighted by molar-refractivity contribution is -0.149. The number of carbonyl (C=O) groups is 4. The number of urea groups is 1. The van der Waals surface area contributed by atoms with Crippen LogP contribution in [0.25, 0.3) is 0 Å². The zero-order valence-corrected chi connectivity index (χ0v) is 12.8. The summed E-state index contributed by atoms with van der Waals surface area (Å²) >= 11 is 0. The van der Waals surface area contributed by atoms with Crippen molar-refractivity contribution in [3.05, 3.63) is 0 Å². The molecular weight excluding hydrogens is 280 g/mol. The van der Waals surface area contributed by atoms with Gasteiger partial charge < -0.3 is 14.7 Å². The van der Waals surface area contributed by atoms with Crippen LogP contribution >= 0.6 is 0 Å². The van der Waals surface area contributed by atoms with E-state index in [1.165, 1.54) is 20.9 Å². The van der Waals surface area contributed by atoms with Gasteiger partial charge in [0.05, 0.1) is 18.4 Å². The molecule has 0 rings (SSSR count). The Bertz CT molecular complexity index is 419. The summed E-state index contributed by atoms with van der Waals surface area (Å²) in [6.07, 6.45) is -0.299. The molecular formula is C13H22N2O6. The summed E-state index contributed by atoms with van der Waals surface area (Å²) in [6.45, 7) is 4.82. The summed E-state index contributed by atoms with van der Waals surface area (Å²) in [5.41, 5.74) is -1.26. The lowest BCUT2D eigenvalue weighted by atomic mass is 9.89. The highest BCUT2D eigenvalue weighted by Crippen LogP contribution is 2.19. The number of imide groups is 1. The first-order valence-electron chi connectivity index (χ1n) is 6.54. The largest absolute Gasteiger partial charge is 0.481 e. The Balaban J connectivity index is 4.26. The summed E-state index contributed by atoms with van der Waals surface area (Å²) in [7, 11) is 1.42. The number of nitrogens with zero attached hydrogens (tertiary/aromatic N) is 1. The molecule has 0 unspecified atom stereocenters. The van der Waals surface area contributed by atoms with Gasteiger partial charge in [0.1, 0.15) is 0 Å². The standard InChI is InChI=1S/C13H22N2O6/c1-5-21-10(17)6-7-15(4)12(20)14-9(16)8-13(2,3)11(18)19/h5-8H2,1-4H3,(H,18,19)(H,14,16,20). The minimum absolute atomic E-state index is 0.0204. The van der Waals surface area contributed by atoms with Crippen LogP contribution in [-0.2, 0) is 19.1 Å². The number of ether oxygens (including phenoxy) is 1. The molecule has 0 aliphatic rings. The SMILES string of the molecule is CCOC(=O)CCN(C)C(=O)NC(=O)CC(C)(C)C(=O)O. The molecule has 0 aromatic heterocycles. The number of carboxylic acids is 1. The summed E-state index contributed by atoms with van der Waals surface area (Å²) in [6, 6.07) is -0.689. The smallest absolute Gasteiger partial charge is 0.323 e. The van der Waals surface area contributed by atoms with E-state index in [1.807, 2.05) is 0 Å².